The van der Waals surface area contributed by atoms with Crippen molar-refractivity contribution in [1.82, 2.24) is 4.98 Å². The van der Waals surface area contributed by atoms with Gasteiger partial charge in [0.15, 0.2) is 6.61 Å². The second-order valence-electron chi connectivity index (χ2n) is 5.24. The van der Waals surface area contributed by atoms with E-state index in [4.69, 9.17) is 0 Å². The van der Waals surface area contributed by atoms with Crippen LogP contribution in [0.25, 0.3) is 0 Å². The van der Waals surface area contributed by atoms with Crippen molar-refractivity contribution in [1.29, 1.82) is 0 Å². The fraction of sp³-hybridized carbons (Fsp3) is 0.250. The summed E-state index contributed by atoms with van der Waals surface area (Å²) < 4.78 is 80.0. The SMILES string of the molecule is Cc1ccc(NC(=O)c2cccnc2OCC(F)(F)F)cc1C(F)(F)F. The van der Waals surface area contributed by atoms with Crippen molar-refractivity contribution in [2.75, 3.05) is 11.9 Å². The summed E-state index contributed by atoms with van der Waals surface area (Å²) in [6.07, 6.45) is -8.12. The molecule has 0 saturated heterocycles. The number of anilines is 1. The molecule has 0 saturated carbocycles. The molecular weight excluding hydrogens is 366 g/mol. The number of ether oxygens (including phenoxy) is 1. The number of carbonyl (C=O) groups excluding carboxylic acids is 1. The van der Waals surface area contributed by atoms with Gasteiger partial charge < -0.3 is 10.1 Å². The average Bonchev–Trinajstić information content (AvgIpc) is 2.53. The first kappa shape index (κ1) is 19.5. The summed E-state index contributed by atoms with van der Waals surface area (Å²) in [5.41, 5.74) is -1.48. The molecule has 1 heterocycles. The molecule has 0 spiro atoms. The average molecular weight is 378 g/mol. The second-order valence-corrected chi connectivity index (χ2v) is 5.24. The van der Waals surface area contributed by atoms with E-state index in [9.17, 15) is 31.1 Å². The summed E-state index contributed by atoms with van der Waals surface area (Å²) in [5, 5.41) is 2.20. The zero-order chi connectivity index (χ0) is 19.5. The first-order valence-corrected chi connectivity index (χ1v) is 7.11. The number of nitrogens with one attached hydrogen (secondary N) is 1. The molecule has 1 aromatic carbocycles. The summed E-state index contributed by atoms with van der Waals surface area (Å²) in [6.45, 7) is -0.397. The van der Waals surface area contributed by atoms with Gasteiger partial charge in [-0.2, -0.15) is 26.3 Å². The van der Waals surface area contributed by atoms with Gasteiger partial charge in [-0.3, -0.25) is 4.79 Å². The Kier molecular flexibility index (Phi) is 5.43. The highest BCUT2D eigenvalue weighted by Crippen LogP contribution is 2.33. The van der Waals surface area contributed by atoms with Gasteiger partial charge in [0, 0.05) is 11.9 Å². The van der Waals surface area contributed by atoms with Gasteiger partial charge in [0.25, 0.3) is 5.91 Å². The molecule has 0 fully saturated rings. The van der Waals surface area contributed by atoms with Crippen LogP contribution in [0, 0.1) is 6.92 Å². The molecule has 1 aromatic heterocycles. The normalized spacial score (nSPS) is 12.0. The molecule has 0 aliphatic rings. The van der Waals surface area contributed by atoms with Gasteiger partial charge in [0.1, 0.15) is 5.56 Å². The van der Waals surface area contributed by atoms with Crippen LogP contribution in [-0.4, -0.2) is 23.7 Å². The van der Waals surface area contributed by atoms with Crippen molar-refractivity contribution < 1.29 is 35.9 Å². The molecule has 4 nitrogen and oxygen atoms in total. The Morgan fingerprint density at radius 3 is 2.46 bits per heavy atom. The molecule has 1 N–H and O–H groups in total. The zero-order valence-electron chi connectivity index (χ0n) is 13.2. The number of nitrogens with zero attached hydrogens (tertiary/aromatic N) is 1. The topological polar surface area (TPSA) is 51.2 Å². The fourth-order valence-corrected chi connectivity index (χ4v) is 2.03. The van der Waals surface area contributed by atoms with Crippen LogP contribution >= 0.6 is 0 Å². The first-order chi connectivity index (χ1) is 12.0. The number of amides is 1. The molecule has 0 unspecified atom stereocenters. The maximum absolute atomic E-state index is 12.9. The summed E-state index contributed by atoms with van der Waals surface area (Å²) >= 11 is 0. The molecule has 0 radical (unpaired) electrons. The standard InChI is InChI=1S/C16H12F6N2O2/c1-9-4-5-10(7-12(9)16(20,21)22)24-13(25)11-3-2-6-23-14(11)26-8-15(17,18)19/h2-7H,8H2,1H3,(H,24,25). The lowest BCUT2D eigenvalue weighted by atomic mass is 10.1. The smallest absolute Gasteiger partial charge is 0.422 e. The van der Waals surface area contributed by atoms with Crippen molar-refractivity contribution in [2.45, 2.75) is 19.3 Å². The van der Waals surface area contributed by atoms with Crippen molar-refractivity contribution in [2.24, 2.45) is 0 Å². The van der Waals surface area contributed by atoms with E-state index in [1.807, 2.05) is 0 Å². The highest BCUT2D eigenvalue weighted by molar-refractivity contribution is 6.05. The largest absolute Gasteiger partial charge is 0.467 e. The van der Waals surface area contributed by atoms with Crippen molar-refractivity contribution in [3.05, 3.63) is 53.2 Å². The van der Waals surface area contributed by atoms with Gasteiger partial charge in [-0.1, -0.05) is 6.07 Å². The summed E-state index contributed by atoms with van der Waals surface area (Å²) in [6, 6.07) is 5.58. The van der Waals surface area contributed by atoms with Crippen LogP contribution in [0.5, 0.6) is 5.88 Å². The van der Waals surface area contributed by atoms with E-state index in [0.717, 1.165) is 18.3 Å². The van der Waals surface area contributed by atoms with E-state index >= 15 is 0 Å². The third-order valence-electron chi connectivity index (χ3n) is 3.19. The molecule has 2 aromatic rings. The maximum Gasteiger partial charge on any atom is 0.422 e. The van der Waals surface area contributed by atoms with Crippen molar-refractivity contribution >= 4 is 11.6 Å². The van der Waals surface area contributed by atoms with Gasteiger partial charge in [-0.15, -0.1) is 0 Å². The number of alkyl halides is 6. The third-order valence-corrected chi connectivity index (χ3v) is 3.19. The predicted molar refractivity (Wildman–Crippen MR) is 79.9 cm³/mol. The number of carbonyl (C=O) groups is 1. The van der Waals surface area contributed by atoms with Gasteiger partial charge >= 0.3 is 12.4 Å². The number of aromatic nitrogens is 1. The highest BCUT2D eigenvalue weighted by atomic mass is 19.4. The summed E-state index contributed by atoms with van der Waals surface area (Å²) in [7, 11) is 0. The molecule has 10 heteroatoms. The Hall–Kier alpha value is -2.78. The molecule has 140 valence electrons. The first-order valence-electron chi connectivity index (χ1n) is 7.11. The van der Waals surface area contributed by atoms with E-state index < -0.39 is 36.3 Å². The number of hydrogen-bond acceptors (Lipinski definition) is 3. The molecular formula is C16H12F6N2O2. The Morgan fingerprint density at radius 2 is 1.85 bits per heavy atom. The number of rotatable bonds is 4. The Morgan fingerprint density at radius 1 is 1.15 bits per heavy atom. The second kappa shape index (κ2) is 7.22. The van der Waals surface area contributed by atoms with Crippen LogP contribution in [0.4, 0.5) is 32.0 Å². The number of hydrogen-bond donors (Lipinski definition) is 1. The minimum atomic E-state index is -4.64. The summed E-state index contributed by atoms with van der Waals surface area (Å²) in [5.74, 6) is -1.53. The van der Waals surface area contributed by atoms with Crippen LogP contribution in [-0.2, 0) is 6.18 Å². The third kappa shape index (κ3) is 5.11. The van der Waals surface area contributed by atoms with E-state index in [1.165, 1.54) is 25.1 Å². The van der Waals surface area contributed by atoms with Gasteiger partial charge in [-0.25, -0.2) is 4.98 Å². The molecule has 26 heavy (non-hydrogen) atoms. The molecule has 0 atom stereocenters. The van der Waals surface area contributed by atoms with Gasteiger partial charge in [0.05, 0.1) is 5.56 Å². The lowest BCUT2D eigenvalue weighted by molar-refractivity contribution is -0.154. The van der Waals surface area contributed by atoms with E-state index in [1.54, 1.807) is 0 Å². The van der Waals surface area contributed by atoms with Crippen LogP contribution < -0.4 is 10.1 Å². The number of halogens is 6. The van der Waals surface area contributed by atoms with Crippen LogP contribution in [0.2, 0.25) is 0 Å². The van der Waals surface area contributed by atoms with Gasteiger partial charge in [0.2, 0.25) is 5.88 Å². The zero-order valence-corrected chi connectivity index (χ0v) is 13.2. The fourth-order valence-electron chi connectivity index (χ4n) is 2.03. The van der Waals surface area contributed by atoms with Crippen molar-refractivity contribution in [3.8, 4) is 5.88 Å². The molecule has 1 amide bonds. The Labute approximate surface area is 143 Å². The lowest BCUT2D eigenvalue weighted by Crippen LogP contribution is -2.22. The van der Waals surface area contributed by atoms with Crippen LogP contribution in [0.3, 0.4) is 0 Å². The summed E-state index contributed by atoms with van der Waals surface area (Å²) in [4.78, 5) is 15.8. The minimum absolute atomic E-state index is 0.0360. The maximum atomic E-state index is 12.9. The van der Waals surface area contributed by atoms with E-state index in [-0.39, 0.29) is 16.8 Å². The van der Waals surface area contributed by atoms with E-state index in [0.29, 0.717) is 0 Å². The minimum Gasteiger partial charge on any atom is -0.467 e. The van der Waals surface area contributed by atoms with Crippen LogP contribution in [0.15, 0.2) is 36.5 Å². The Balaban J connectivity index is 2.23. The Bertz CT molecular complexity index is 802. The quantitative estimate of drug-likeness (QED) is 0.791. The van der Waals surface area contributed by atoms with E-state index in [2.05, 4.69) is 15.0 Å². The molecule has 2 rings (SSSR count). The number of aryl methyl sites for hydroxylation is 1. The number of pyridine rings is 1. The van der Waals surface area contributed by atoms with Gasteiger partial charge in [-0.05, 0) is 36.8 Å². The molecule has 0 bridgehead atoms. The van der Waals surface area contributed by atoms with Crippen molar-refractivity contribution in [3.63, 3.8) is 0 Å². The predicted octanol–water partition coefficient (Wildman–Crippen LogP) is 4.60. The lowest BCUT2D eigenvalue weighted by Gasteiger charge is -2.14. The molecule has 0 aliphatic heterocycles. The van der Waals surface area contributed by atoms with Crippen LogP contribution in [0.1, 0.15) is 21.5 Å². The molecule has 0 aliphatic carbocycles. The highest BCUT2D eigenvalue weighted by Gasteiger charge is 2.33. The monoisotopic (exact) mass is 378 g/mol. The number of benzene rings is 1.